The van der Waals surface area contributed by atoms with E-state index in [1.807, 2.05) is 67.0 Å². The summed E-state index contributed by atoms with van der Waals surface area (Å²) in [6.07, 6.45) is 5.32. The topological polar surface area (TPSA) is 93.2 Å². The van der Waals surface area contributed by atoms with Gasteiger partial charge in [-0.3, -0.25) is 0 Å². The Balaban J connectivity index is 1.14. The summed E-state index contributed by atoms with van der Waals surface area (Å²) in [7, 11) is 5.04. The van der Waals surface area contributed by atoms with E-state index in [0.29, 0.717) is 32.4 Å². The van der Waals surface area contributed by atoms with E-state index in [-0.39, 0.29) is 12.0 Å². The molecule has 3 aromatic carbocycles. The van der Waals surface area contributed by atoms with Gasteiger partial charge in [-0.2, -0.15) is 0 Å². The Bertz CT molecular complexity index is 1430. The van der Waals surface area contributed by atoms with Crippen LogP contribution in [0.25, 0.3) is 10.8 Å². The lowest BCUT2D eigenvalue weighted by Crippen LogP contribution is -2.41. The quantitative estimate of drug-likeness (QED) is 0.202. The molecule has 9 nitrogen and oxygen atoms in total. The highest BCUT2D eigenvalue weighted by Crippen LogP contribution is 2.38. The van der Waals surface area contributed by atoms with Crippen LogP contribution in [0.15, 0.2) is 67.0 Å². The minimum Gasteiger partial charge on any atom is -0.496 e. The maximum atomic E-state index is 6.50. The third kappa shape index (κ3) is 7.10. The maximum absolute atomic E-state index is 6.50. The maximum Gasteiger partial charge on any atom is 0.316 e. The fourth-order valence-corrected chi connectivity index (χ4v) is 5.39. The second-order valence-corrected chi connectivity index (χ2v) is 10.1. The molecule has 0 saturated carbocycles. The van der Waals surface area contributed by atoms with Gasteiger partial charge in [0.25, 0.3) is 0 Å². The van der Waals surface area contributed by atoms with Gasteiger partial charge in [0.2, 0.25) is 0 Å². The van der Waals surface area contributed by atoms with Crippen LogP contribution in [0.5, 0.6) is 23.3 Å². The first-order chi connectivity index (χ1) is 20.7. The van der Waals surface area contributed by atoms with Gasteiger partial charge in [0.05, 0.1) is 53.9 Å². The second kappa shape index (κ2) is 14.8. The number of nitrogens with zero attached hydrogens (tertiary/aromatic N) is 2. The minimum absolute atomic E-state index is 0.0447. The fourth-order valence-electron chi connectivity index (χ4n) is 5.39. The third-order valence-electron chi connectivity index (χ3n) is 7.53. The summed E-state index contributed by atoms with van der Waals surface area (Å²) in [5, 5.41) is 5.47. The van der Waals surface area contributed by atoms with Crippen molar-refractivity contribution in [2.24, 2.45) is 0 Å². The Morgan fingerprint density at radius 1 is 0.810 bits per heavy atom. The first-order valence-electron chi connectivity index (χ1n) is 14.3. The van der Waals surface area contributed by atoms with Crippen molar-refractivity contribution < 1.29 is 28.4 Å². The van der Waals surface area contributed by atoms with Gasteiger partial charge in [-0.25, -0.2) is 9.97 Å². The molecule has 222 valence electrons. The van der Waals surface area contributed by atoms with Gasteiger partial charge in [0, 0.05) is 53.2 Å². The monoisotopic (exact) mass is 573 g/mol. The van der Waals surface area contributed by atoms with Gasteiger partial charge >= 0.3 is 6.01 Å². The summed E-state index contributed by atoms with van der Waals surface area (Å²) < 4.78 is 34.9. The number of fused-ring (bicyclic) bond motifs is 1. The molecule has 9 heteroatoms. The van der Waals surface area contributed by atoms with Crippen molar-refractivity contribution in [3.05, 3.63) is 83.7 Å². The Kier molecular flexibility index (Phi) is 10.4. The van der Waals surface area contributed by atoms with Gasteiger partial charge in [0.1, 0.15) is 17.2 Å². The van der Waals surface area contributed by atoms with Crippen molar-refractivity contribution in [1.82, 2.24) is 15.3 Å². The van der Waals surface area contributed by atoms with E-state index in [4.69, 9.17) is 28.4 Å². The number of benzene rings is 3. The van der Waals surface area contributed by atoms with E-state index in [0.717, 1.165) is 70.6 Å². The van der Waals surface area contributed by atoms with Crippen molar-refractivity contribution in [1.29, 1.82) is 0 Å². The van der Waals surface area contributed by atoms with E-state index in [1.165, 1.54) is 0 Å². The first-order valence-corrected chi connectivity index (χ1v) is 14.3. The van der Waals surface area contributed by atoms with Crippen molar-refractivity contribution in [2.75, 3.05) is 47.6 Å². The Hall–Kier alpha value is -3.92. The van der Waals surface area contributed by atoms with Gasteiger partial charge < -0.3 is 33.7 Å². The van der Waals surface area contributed by atoms with Crippen LogP contribution in [0.1, 0.15) is 35.4 Å². The summed E-state index contributed by atoms with van der Waals surface area (Å²) in [6.45, 7) is 3.58. The molecule has 1 aliphatic heterocycles. The van der Waals surface area contributed by atoms with Crippen molar-refractivity contribution in [3.8, 4) is 23.3 Å². The third-order valence-corrected chi connectivity index (χ3v) is 7.53. The van der Waals surface area contributed by atoms with E-state index in [1.54, 1.807) is 21.3 Å². The molecule has 2 atom stereocenters. The van der Waals surface area contributed by atoms with E-state index in [2.05, 4.69) is 15.3 Å². The Morgan fingerprint density at radius 2 is 1.57 bits per heavy atom. The molecule has 1 N–H and O–H groups in total. The lowest BCUT2D eigenvalue weighted by Gasteiger charge is -2.32. The summed E-state index contributed by atoms with van der Waals surface area (Å²) in [4.78, 5) is 8.95. The molecule has 0 unspecified atom stereocenters. The molecule has 0 spiro atoms. The number of methoxy groups -OCH3 is 3. The molecule has 2 heterocycles. The molecule has 4 aromatic rings. The molecule has 5 rings (SSSR count). The lowest BCUT2D eigenvalue weighted by atomic mass is 9.89. The minimum atomic E-state index is -0.0447. The molecule has 1 aromatic heterocycles. The highest BCUT2D eigenvalue weighted by Gasteiger charge is 2.28. The van der Waals surface area contributed by atoms with Crippen LogP contribution in [-0.4, -0.2) is 63.7 Å². The van der Waals surface area contributed by atoms with Crippen LogP contribution in [0.2, 0.25) is 0 Å². The van der Waals surface area contributed by atoms with Crippen LogP contribution in [0, 0.1) is 0 Å². The zero-order valence-corrected chi connectivity index (χ0v) is 24.5. The number of ether oxygens (including phenoxy) is 6. The molecule has 0 amide bonds. The SMILES string of the molecule is COc1ccccc1COCCCOc1ncc([C@@H]2CCNC[C@H]2OCc2cc(OC)c3ccccc3c2OC)cn1. The summed E-state index contributed by atoms with van der Waals surface area (Å²) in [5.74, 6) is 2.60. The smallest absolute Gasteiger partial charge is 0.316 e. The van der Waals surface area contributed by atoms with Crippen molar-refractivity contribution in [2.45, 2.75) is 38.1 Å². The summed E-state index contributed by atoms with van der Waals surface area (Å²) in [6, 6.07) is 18.3. The van der Waals surface area contributed by atoms with Crippen LogP contribution >= 0.6 is 0 Å². The number of hydrogen-bond acceptors (Lipinski definition) is 9. The predicted molar refractivity (Wildman–Crippen MR) is 161 cm³/mol. The molecular formula is C33H39N3O6. The Morgan fingerprint density at radius 3 is 2.36 bits per heavy atom. The number of hydrogen-bond donors (Lipinski definition) is 1. The summed E-state index contributed by atoms with van der Waals surface area (Å²) >= 11 is 0. The van der Waals surface area contributed by atoms with Crippen molar-refractivity contribution >= 4 is 10.8 Å². The second-order valence-electron chi connectivity index (χ2n) is 10.1. The van der Waals surface area contributed by atoms with Gasteiger partial charge in [0.15, 0.2) is 0 Å². The van der Waals surface area contributed by atoms with Crippen LogP contribution in [0.4, 0.5) is 0 Å². The molecule has 0 radical (unpaired) electrons. The number of para-hydroxylation sites is 1. The van der Waals surface area contributed by atoms with Gasteiger partial charge in [-0.15, -0.1) is 0 Å². The predicted octanol–water partition coefficient (Wildman–Crippen LogP) is 5.30. The zero-order chi connectivity index (χ0) is 29.1. The van der Waals surface area contributed by atoms with Crippen molar-refractivity contribution in [3.63, 3.8) is 0 Å². The van der Waals surface area contributed by atoms with Gasteiger partial charge in [-0.1, -0.05) is 42.5 Å². The molecule has 1 fully saturated rings. The van der Waals surface area contributed by atoms with E-state index >= 15 is 0 Å². The van der Waals surface area contributed by atoms with Crippen LogP contribution < -0.4 is 24.3 Å². The molecule has 1 saturated heterocycles. The highest BCUT2D eigenvalue weighted by atomic mass is 16.5. The molecule has 42 heavy (non-hydrogen) atoms. The zero-order valence-electron chi connectivity index (χ0n) is 24.5. The largest absolute Gasteiger partial charge is 0.496 e. The average Bonchev–Trinajstić information content (AvgIpc) is 3.05. The number of aromatic nitrogens is 2. The van der Waals surface area contributed by atoms with Gasteiger partial charge in [-0.05, 0) is 30.7 Å². The standard InChI is InChI=1S/C33H39N3O6/c1-37-29-12-7-4-9-23(29)21-40-15-8-16-41-33-35-18-25(19-36-33)26-13-14-34-20-31(26)42-22-24-17-30(38-2)27-10-5-6-11-28(27)32(24)39-3/h4-7,9-12,17-19,26,31,34H,8,13-16,20-22H2,1-3H3/t26-,31+/m0/s1. The number of nitrogens with one attached hydrogen (secondary N) is 1. The molecular weight excluding hydrogens is 534 g/mol. The molecule has 1 aliphatic rings. The molecule has 0 aliphatic carbocycles. The fraction of sp³-hybridized carbons (Fsp3) is 0.394. The van der Waals surface area contributed by atoms with Crippen LogP contribution in [0.3, 0.4) is 0 Å². The van der Waals surface area contributed by atoms with E-state index < -0.39 is 0 Å². The normalized spacial score (nSPS) is 16.7. The molecule has 0 bridgehead atoms. The number of rotatable bonds is 14. The average molecular weight is 574 g/mol. The Labute approximate surface area is 247 Å². The highest BCUT2D eigenvalue weighted by molar-refractivity contribution is 5.94. The first kappa shape index (κ1) is 29.6. The van der Waals surface area contributed by atoms with Crippen LogP contribution in [-0.2, 0) is 22.7 Å². The number of piperidine rings is 1. The lowest BCUT2D eigenvalue weighted by molar-refractivity contribution is 0.00965. The summed E-state index contributed by atoms with van der Waals surface area (Å²) in [5.41, 5.74) is 3.01. The van der Waals surface area contributed by atoms with E-state index in [9.17, 15) is 0 Å².